The Morgan fingerprint density at radius 2 is 1.59 bits per heavy atom. The molecule has 7 atom stereocenters. The molecule has 0 aromatic carbocycles. The van der Waals surface area contributed by atoms with Crippen LogP contribution in [0.1, 0.15) is 79.1 Å². The van der Waals surface area contributed by atoms with Gasteiger partial charge in [0.05, 0.1) is 11.7 Å². The summed E-state index contributed by atoms with van der Waals surface area (Å²) < 4.78 is 0. The Hall–Kier alpha value is -0.0800. The van der Waals surface area contributed by atoms with Gasteiger partial charge < -0.3 is 10.2 Å². The van der Waals surface area contributed by atoms with Gasteiger partial charge in [0, 0.05) is 11.3 Å². The Balaban J connectivity index is 1.77. The van der Waals surface area contributed by atoms with Gasteiger partial charge in [0.15, 0.2) is 0 Å². The summed E-state index contributed by atoms with van der Waals surface area (Å²) in [5.74, 6) is 1.51. The van der Waals surface area contributed by atoms with Crippen molar-refractivity contribution < 1.29 is 10.2 Å². The molecule has 0 saturated heterocycles. The van der Waals surface area contributed by atoms with Gasteiger partial charge in [-0.15, -0.1) is 0 Å². The number of aliphatic hydroxyl groups is 2. The quantitative estimate of drug-likeness (QED) is 0.706. The number of hydrogen-bond acceptors (Lipinski definition) is 2. The average molecular weight is 306 g/mol. The Kier molecular flexibility index (Phi) is 3.02. The highest BCUT2D eigenvalue weighted by atomic mass is 16.3. The molecule has 0 aromatic rings. The van der Waals surface area contributed by atoms with E-state index in [2.05, 4.69) is 20.8 Å². The van der Waals surface area contributed by atoms with Crippen LogP contribution >= 0.6 is 0 Å². The molecule has 0 aromatic heterocycles. The summed E-state index contributed by atoms with van der Waals surface area (Å²) in [6, 6.07) is 0. The van der Waals surface area contributed by atoms with E-state index in [0.29, 0.717) is 16.7 Å². The Morgan fingerprint density at radius 3 is 2.32 bits per heavy atom. The first-order chi connectivity index (χ1) is 10.1. The van der Waals surface area contributed by atoms with Crippen LogP contribution in [0.3, 0.4) is 0 Å². The maximum atomic E-state index is 11.1. The maximum absolute atomic E-state index is 11.1. The minimum Gasteiger partial charge on any atom is -0.392 e. The molecule has 0 radical (unpaired) electrons. The molecule has 2 N–H and O–H groups in total. The number of fused-ring (bicyclic) bond motifs is 3. The van der Waals surface area contributed by atoms with Gasteiger partial charge in [-0.2, -0.15) is 0 Å². The highest BCUT2D eigenvalue weighted by Gasteiger charge is 2.69. The van der Waals surface area contributed by atoms with Crippen molar-refractivity contribution in [3.63, 3.8) is 0 Å². The van der Waals surface area contributed by atoms with E-state index in [1.165, 1.54) is 32.1 Å². The van der Waals surface area contributed by atoms with E-state index >= 15 is 0 Å². The average Bonchev–Trinajstić information content (AvgIpc) is 2.51. The van der Waals surface area contributed by atoms with Gasteiger partial charge >= 0.3 is 0 Å². The van der Waals surface area contributed by atoms with Gasteiger partial charge in [0.1, 0.15) is 0 Å². The fourth-order valence-corrected chi connectivity index (χ4v) is 8.19. The number of hydrogen-bond donors (Lipinski definition) is 2. The van der Waals surface area contributed by atoms with Crippen molar-refractivity contribution in [2.24, 2.45) is 34.0 Å². The van der Waals surface area contributed by atoms with Crippen molar-refractivity contribution in [1.82, 2.24) is 0 Å². The predicted octanol–water partition coefficient (Wildman–Crippen LogP) is 4.14. The molecule has 1 spiro atoms. The van der Waals surface area contributed by atoms with Crippen LogP contribution in [-0.4, -0.2) is 21.9 Å². The molecular weight excluding hydrogens is 272 g/mol. The third kappa shape index (κ3) is 1.69. The first-order valence-corrected chi connectivity index (χ1v) is 9.54. The summed E-state index contributed by atoms with van der Waals surface area (Å²) in [6.07, 6.45) is 9.20. The normalized spacial score (nSPS) is 59.7. The van der Waals surface area contributed by atoms with Crippen LogP contribution < -0.4 is 0 Å². The first kappa shape index (κ1) is 15.4. The largest absolute Gasteiger partial charge is 0.392 e. The van der Waals surface area contributed by atoms with Crippen LogP contribution in [0.15, 0.2) is 0 Å². The van der Waals surface area contributed by atoms with Crippen molar-refractivity contribution in [2.45, 2.75) is 90.8 Å². The molecule has 4 fully saturated rings. The molecule has 126 valence electrons. The lowest BCUT2D eigenvalue weighted by molar-refractivity contribution is -0.182. The van der Waals surface area contributed by atoms with Gasteiger partial charge in [0.2, 0.25) is 0 Å². The number of rotatable bonds is 0. The van der Waals surface area contributed by atoms with Gasteiger partial charge in [0.25, 0.3) is 0 Å². The minimum atomic E-state index is -0.651. The second kappa shape index (κ2) is 4.30. The molecule has 2 nitrogen and oxygen atoms in total. The molecule has 4 aliphatic carbocycles. The number of aliphatic hydroxyl groups excluding tert-OH is 1. The minimum absolute atomic E-state index is 0.00505. The zero-order valence-electron chi connectivity index (χ0n) is 14.9. The molecule has 2 heteroatoms. The lowest BCUT2D eigenvalue weighted by Crippen LogP contribution is -2.59. The topological polar surface area (TPSA) is 40.5 Å². The Bertz CT molecular complexity index is 482. The first-order valence-electron chi connectivity index (χ1n) is 9.54. The maximum Gasteiger partial charge on any atom is 0.0679 e. The smallest absolute Gasteiger partial charge is 0.0679 e. The molecular formula is C20H34O2. The van der Waals surface area contributed by atoms with Crippen molar-refractivity contribution >= 4 is 0 Å². The molecule has 22 heavy (non-hydrogen) atoms. The third-order valence-corrected chi connectivity index (χ3v) is 8.89. The summed E-state index contributed by atoms with van der Waals surface area (Å²) in [5.41, 5.74) is 0.163. The summed E-state index contributed by atoms with van der Waals surface area (Å²) in [5, 5.41) is 22.0. The van der Waals surface area contributed by atoms with Gasteiger partial charge in [-0.3, -0.25) is 0 Å². The fourth-order valence-electron chi connectivity index (χ4n) is 8.19. The highest BCUT2D eigenvalue weighted by molar-refractivity contribution is 5.19. The molecule has 0 heterocycles. The molecule has 0 amide bonds. The van der Waals surface area contributed by atoms with Crippen molar-refractivity contribution in [3.8, 4) is 0 Å². The molecule has 2 bridgehead atoms. The fraction of sp³-hybridized carbons (Fsp3) is 1.00. The van der Waals surface area contributed by atoms with Crippen molar-refractivity contribution in [2.75, 3.05) is 0 Å². The Morgan fingerprint density at radius 1 is 0.864 bits per heavy atom. The van der Waals surface area contributed by atoms with Gasteiger partial charge in [-0.25, -0.2) is 0 Å². The summed E-state index contributed by atoms with van der Waals surface area (Å²) in [4.78, 5) is 0. The van der Waals surface area contributed by atoms with Crippen LogP contribution in [0.25, 0.3) is 0 Å². The summed E-state index contributed by atoms with van der Waals surface area (Å²) in [7, 11) is 0. The second-order valence-corrected chi connectivity index (χ2v) is 10.4. The van der Waals surface area contributed by atoms with Crippen LogP contribution in [0.5, 0.6) is 0 Å². The second-order valence-electron chi connectivity index (χ2n) is 10.4. The van der Waals surface area contributed by atoms with E-state index in [1.807, 2.05) is 6.92 Å². The molecule has 4 rings (SSSR count). The molecule has 4 aliphatic rings. The monoisotopic (exact) mass is 306 g/mol. The predicted molar refractivity (Wildman–Crippen MR) is 88.4 cm³/mol. The van der Waals surface area contributed by atoms with E-state index in [9.17, 15) is 10.2 Å². The van der Waals surface area contributed by atoms with Gasteiger partial charge in [-0.05, 0) is 74.5 Å². The van der Waals surface area contributed by atoms with E-state index in [1.54, 1.807) is 0 Å². The SMILES string of the molecule is CC1(C)CCC[C@@]2(C)[C@H]1CC[C@]13C[C@@](C)(O)[C@H](CC[C@@H]12)C3O. The zero-order valence-corrected chi connectivity index (χ0v) is 14.9. The van der Waals surface area contributed by atoms with Crippen molar-refractivity contribution in [1.29, 1.82) is 0 Å². The molecule has 0 aliphatic heterocycles. The van der Waals surface area contributed by atoms with Crippen molar-refractivity contribution in [3.05, 3.63) is 0 Å². The summed E-state index contributed by atoms with van der Waals surface area (Å²) in [6.45, 7) is 9.46. The third-order valence-electron chi connectivity index (χ3n) is 8.89. The van der Waals surface area contributed by atoms with E-state index in [0.717, 1.165) is 25.2 Å². The lowest BCUT2D eigenvalue weighted by atomic mass is 9.41. The van der Waals surface area contributed by atoms with Crippen LogP contribution in [0, 0.1) is 34.0 Å². The van der Waals surface area contributed by atoms with E-state index in [-0.39, 0.29) is 17.4 Å². The summed E-state index contributed by atoms with van der Waals surface area (Å²) >= 11 is 0. The molecule has 4 saturated carbocycles. The van der Waals surface area contributed by atoms with Crippen LogP contribution in [-0.2, 0) is 0 Å². The van der Waals surface area contributed by atoms with Gasteiger partial charge in [-0.1, -0.05) is 27.2 Å². The lowest BCUT2D eigenvalue weighted by Gasteiger charge is -2.64. The Labute approximate surface area is 135 Å². The zero-order chi connectivity index (χ0) is 16.0. The highest BCUT2D eigenvalue weighted by Crippen LogP contribution is 2.72. The standard InChI is InChI=1S/C20H34O2/c1-17(2)9-5-10-18(3)14(17)8-11-20-12-19(4,22)13(16(20)21)6-7-15(18)20/h13-16,21-22H,5-12H2,1-4H3/t13-,14+,15-,16?,18+,19-,20+/m1/s1. The molecule has 1 unspecified atom stereocenters. The van der Waals surface area contributed by atoms with Crippen LogP contribution in [0.2, 0.25) is 0 Å². The van der Waals surface area contributed by atoms with E-state index < -0.39 is 5.60 Å². The van der Waals surface area contributed by atoms with E-state index in [4.69, 9.17) is 0 Å². The van der Waals surface area contributed by atoms with Crippen LogP contribution in [0.4, 0.5) is 0 Å².